The highest BCUT2D eigenvalue weighted by molar-refractivity contribution is 6.32. The van der Waals surface area contributed by atoms with E-state index in [4.69, 9.17) is 26.6 Å². The van der Waals surface area contributed by atoms with Gasteiger partial charge in [0.25, 0.3) is 5.91 Å². The number of amides is 1. The van der Waals surface area contributed by atoms with Crippen molar-refractivity contribution < 1.29 is 24.5 Å². The zero-order valence-corrected chi connectivity index (χ0v) is 10.8. The number of benzene rings is 1. The van der Waals surface area contributed by atoms with Crippen molar-refractivity contribution in [3.05, 3.63) is 29.3 Å². The third-order valence-corrected chi connectivity index (χ3v) is 2.53. The molecule has 0 heterocycles. The van der Waals surface area contributed by atoms with E-state index in [-0.39, 0.29) is 19.6 Å². The van der Waals surface area contributed by atoms with Crippen LogP contribution in [0.4, 0.5) is 0 Å². The number of carbonyl (C=O) groups is 2. The minimum Gasteiger partial charge on any atom is -0.482 e. The highest BCUT2D eigenvalue weighted by Crippen LogP contribution is 2.22. The minimum atomic E-state index is -1.48. The van der Waals surface area contributed by atoms with E-state index >= 15 is 0 Å². The molecule has 0 saturated carbocycles. The van der Waals surface area contributed by atoms with Crippen molar-refractivity contribution in [3.63, 3.8) is 0 Å². The van der Waals surface area contributed by atoms with Gasteiger partial charge in [0.1, 0.15) is 5.75 Å². The fraction of sp³-hybridized carbons (Fsp3) is 0.333. The minimum absolute atomic E-state index is 0.0538. The SMILES string of the molecule is O=C(COc1ccccc1Cl)NCC[C@H](O)C(=O)O. The number of nitrogens with one attached hydrogen (secondary N) is 1. The Kier molecular flexibility index (Phi) is 6.11. The molecule has 0 saturated heterocycles. The lowest BCUT2D eigenvalue weighted by Gasteiger charge is -2.09. The van der Waals surface area contributed by atoms with Crippen LogP contribution >= 0.6 is 11.6 Å². The molecule has 1 rings (SSSR count). The molecule has 1 amide bonds. The van der Waals surface area contributed by atoms with Crippen LogP contribution in [0.3, 0.4) is 0 Å². The van der Waals surface area contributed by atoms with Gasteiger partial charge in [-0.2, -0.15) is 0 Å². The molecule has 0 bridgehead atoms. The van der Waals surface area contributed by atoms with E-state index in [9.17, 15) is 9.59 Å². The molecule has 19 heavy (non-hydrogen) atoms. The summed E-state index contributed by atoms with van der Waals surface area (Å²) in [5.74, 6) is -1.34. The van der Waals surface area contributed by atoms with E-state index in [1.54, 1.807) is 24.3 Å². The zero-order chi connectivity index (χ0) is 14.3. The lowest BCUT2D eigenvalue weighted by Crippen LogP contribution is -2.33. The quantitative estimate of drug-likeness (QED) is 0.685. The molecule has 0 aliphatic heterocycles. The normalized spacial score (nSPS) is 11.7. The molecule has 1 atom stereocenters. The summed E-state index contributed by atoms with van der Waals surface area (Å²) < 4.78 is 5.18. The summed E-state index contributed by atoms with van der Waals surface area (Å²) in [5, 5.41) is 20.2. The van der Waals surface area contributed by atoms with Gasteiger partial charge in [0.05, 0.1) is 5.02 Å². The molecule has 1 aromatic rings. The maximum atomic E-state index is 11.4. The van der Waals surface area contributed by atoms with Crippen molar-refractivity contribution in [1.29, 1.82) is 0 Å². The number of ether oxygens (including phenoxy) is 1. The second kappa shape index (κ2) is 7.60. The number of aliphatic hydroxyl groups excluding tert-OH is 1. The van der Waals surface area contributed by atoms with Gasteiger partial charge in [-0.05, 0) is 12.1 Å². The molecule has 6 nitrogen and oxygen atoms in total. The number of carboxylic acids is 1. The van der Waals surface area contributed by atoms with Gasteiger partial charge in [-0.25, -0.2) is 4.79 Å². The number of hydrogen-bond donors (Lipinski definition) is 3. The average Bonchev–Trinajstić information content (AvgIpc) is 2.37. The van der Waals surface area contributed by atoms with Crippen LogP contribution in [0.25, 0.3) is 0 Å². The monoisotopic (exact) mass is 287 g/mol. The first kappa shape index (κ1) is 15.3. The Balaban J connectivity index is 2.25. The topological polar surface area (TPSA) is 95.9 Å². The number of para-hydroxylation sites is 1. The molecule has 1 aromatic carbocycles. The van der Waals surface area contributed by atoms with Gasteiger partial charge in [-0.1, -0.05) is 23.7 Å². The Bertz CT molecular complexity index is 452. The van der Waals surface area contributed by atoms with Gasteiger partial charge in [0.15, 0.2) is 12.7 Å². The van der Waals surface area contributed by atoms with Crippen LogP contribution in [0, 0.1) is 0 Å². The molecular weight excluding hydrogens is 274 g/mol. The smallest absolute Gasteiger partial charge is 0.332 e. The van der Waals surface area contributed by atoms with Crippen molar-refractivity contribution in [2.45, 2.75) is 12.5 Å². The molecule has 0 aliphatic rings. The lowest BCUT2D eigenvalue weighted by molar-refractivity contribution is -0.147. The zero-order valence-electron chi connectivity index (χ0n) is 10.0. The number of aliphatic carboxylic acids is 1. The third-order valence-electron chi connectivity index (χ3n) is 2.22. The van der Waals surface area contributed by atoms with Crippen molar-refractivity contribution in [2.75, 3.05) is 13.2 Å². The molecule has 0 radical (unpaired) electrons. The first-order chi connectivity index (χ1) is 9.00. The summed E-state index contributed by atoms with van der Waals surface area (Å²) in [5.41, 5.74) is 0. The third kappa shape index (κ3) is 5.58. The van der Waals surface area contributed by atoms with Crippen molar-refractivity contribution in [3.8, 4) is 5.75 Å². The molecule has 0 aromatic heterocycles. The number of halogens is 1. The fourth-order valence-corrected chi connectivity index (χ4v) is 1.42. The molecule has 0 unspecified atom stereocenters. The summed E-state index contributed by atoms with van der Waals surface area (Å²) in [6.45, 7) is -0.176. The Morgan fingerprint density at radius 2 is 2.05 bits per heavy atom. The summed E-state index contributed by atoms with van der Waals surface area (Å²) in [7, 11) is 0. The molecular formula is C12H14ClNO5. The Hall–Kier alpha value is -1.79. The Labute approximate surface area is 114 Å². The summed E-state index contributed by atoms with van der Waals surface area (Å²) in [6, 6.07) is 6.73. The van der Waals surface area contributed by atoms with Gasteiger partial charge in [0, 0.05) is 13.0 Å². The second-order valence-electron chi connectivity index (χ2n) is 3.71. The number of aliphatic hydroxyl groups is 1. The first-order valence-electron chi connectivity index (χ1n) is 5.55. The van der Waals surface area contributed by atoms with E-state index in [0.717, 1.165) is 0 Å². The molecule has 0 aliphatic carbocycles. The molecule has 104 valence electrons. The maximum absolute atomic E-state index is 11.4. The summed E-state index contributed by atoms with van der Waals surface area (Å²) in [6.07, 6.45) is -1.54. The van der Waals surface area contributed by atoms with Crippen LogP contribution in [0.1, 0.15) is 6.42 Å². The first-order valence-corrected chi connectivity index (χ1v) is 5.93. The van der Waals surface area contributed by atoms with Gasteiger partial charge < -0.3 is 20.3 Å². The predicted molar refractivity (Wildman–Crippen MR) is 68.2 cm³/mol. The molecule has 0 spiro atoms. The van der Waals surface area contributed by atoms with Gasteiger partial charge in [0.2, 0.25) is 0 Å². The van der Waals surface area contributed by atoms with Gasteiger partial charge >= 0.3 is 5.97 Å². The second-order valence-corrected chi connectivity index (χ2v) is 4.12. The number of carboxylic acid groups (broad SMARTS) is 1. The maximum Gasteiger partial charge on any atom is 0.332 e. The van der Waals surface area contributed by atoms with Crippen LogP contribution < -0.4 is 10.1 Å². The highest BCUT2D eigenvalue weighted by atomic mass is 35.5. The lowest BCUT2D eigenvalue weighted by atomic mass is 10.2. The molecule has 3 N–H and O–H groups in total. The standard InChI is InChI=1S/C12H14ClNO5/c13-8-3-1-2-4-10(8)19-7-11(16)14-6-5-9(15)12(17)18/h1-4,9,15H,5-7H2,(H,14,16)(H,17,18)/t9-/m0/s1. The van der Waals surface area contributed by atoms with Crippen LogP contribution in [-0.4, -0.2) is 41.3 Å². The van der Waals surface area contributed by atoms with Crippen LogP contribution in [-0.2, 0) is 9.59 Å². The van der Waals surface area contributed by atoms with Crippen molar-refractivity contribution >= 4 is 23.5 Å². The van der Waals surface area contributed by atoms with Crippen molar-refractivity contribution in [1.82, 2.24) is 5.32 Å². The number of carbonyl (C=O) groups excluding carboxylic acids is 1. The Morgan fingerprint density at radius 1 is 1.37 bits per heavy atom. The molecule has 0 fully saturated rings. The van der Waals surface area contributed by atoms with E-state index in [1.807, 2.05) is 0 Å². The van der Waals surface area contributed by atoms with Crippen LogP contribution in [0.5, 0.6) is 5.75 Å². The van der Waals surface area contributed by atoms with E-state index in [2.05, 4.69) is 5.32 Å². The molecule has 7 heteroatoms. The van der Waals surface area contributed by atoms with E-state index in [0.29, 0.717) is 10.8 Å². The van der Waals surface area contributed by atoms with Crippen molar-refractivity contribution in [2.24, 2.45) is 0 Å². The highest BCUT2D eigenvalue weighted by Gasteiger charge is 2.13. The Morgan fingerprint density at radius 3 is 2.68 bits per heavy atom. The number of rotatable bonds is 7. The van der Waals surface area contributed by atoms with E-state index in [1.165, 1.54) is 0 Å². The summed E-state index contributed by atoms with van der Waals surface area (Å²) >= 11 is 5.83. The fourth-order valence-electron chi connectivity index (χ4n) is 1.23. The van der Waals surface area contributed by atoms with Gasteiger partial charge in [-0.3, -0.25) is 4.79 Å². The van der Waals surface area contributed by atoms with Crippen LogP contribution in [0.15, 0.2) is 24.3 Å². The summed E-state index contributed by atoms with van der Waals surface area (Å²) in [4.78, 5) is 21.7. The van der Waals surface area contributed by atoms with Crippen LogP contribution in [0.2, 0.25) is 5.02 Å². The largest absolute Gasteiger partial charge is 0.482 e. The van der Waals surface area contributed by atoms with E-state index < -0.39 is 18.0 Å². The van der Waals surface area contributed by atoms with Gasteiger partial charge in [-0.15, -0.1) is 0 Å². The predicted octanol–water partition coefficient (Wildman–Crippen LogP) is 0.671. The number of hydrogen-bond acceptors (Lipinski definition) is 4. The average molecular weight is 288 g/mol.